The number of rotatable bonds is 3. The summed E-state index contributed by atoms with van der Waals surface area (Å²) < 4.78 is 11.3. The van der Waals surface area contributed by atoms with Crippen molar-refractivity contribution in [2.45, 2.75) is 6.92 Å². The maximum Gasteiger partial charge on any atom is 0.513 e. The number of nitrogens with one attached hydrogen (secondary N) is 2. The summed E-state index contributed by atoms with van der Waals surface area (Å²) in [6.45, 7) is 1.82. The van der Waals surface area contributed by atoms with Crippen molar-refractivity contribution in [3.05, 3.63) is 42.5 Å². The van der Waals surface area contributed by atoms with Gasteiger partial charge in [0.1, 0.15) is 11.8 Å². The molecule has 0 radical (unpaired) electrons. The van der Waals surface area contributed by atoms with E-state index in [1.165, 1.54) is 13.4 Å². The van der Waals surface area contributed by atoms with E-state index in [1.807, 2.05) is 25.1 Å². The molecule has 2 N–H and O–H groups in total. The van der Waals surface area contributed by atoms with E-state index in [-0.39, 0.29) is 0 Å². The Morgan fingerprint density at radius 3 is 3.08 bits per heavy atom. The molecule has 0 aliphatic rings. The van der Waals surface area contributed by atoms with Gasteiger partial charge in [0.2, 0.25) is 0 Å². The van der Waals surface area contributed by atoms with Gasteiger partial charge in [-0.3, -0.25) is 5.10 Å². The molecule has 9 heteroatoms. The van der Waals surface area contributed by atoms with Gasteiger partial charge < -0.3 is 14.8 Å². The van der Waals surface area contributed by atoms with Gasteiger partial charge in [0.05, 0.1) is 25.0 Å². The number of nitrogens with zero attached hydrogens (tertiary/aromatic N) is 4. The first kappa shape index (κ1) is 14.9. The van der Waals surface area contributed by atoms with Crippen LogP contribution in [-0.4, -0.2) is 38.1 Å². The first-order valence-electron chi connectivity index (χ1n) is 7.44. The number of methoxy groups -OCH3 is 1. The first-order valence-corrected chi connectivity index (χ1v) is 7.44. The van der Waals surface area contributed by atoms with Crippen LogP contribution in [0.5, 0.6) is 5.75 Å². The summed E-state index contributed by atoms with van der Waals surface area (Å²) in [7, 11) is 1.26. The second-order valence-corrected chi connectivity index (χ2v) is 5.37. The molecule has 4 aromatic rings. The van der Waals surface area contributed by atoms with E-state index < -0.39 is 6.16 Å². The topological polar surface area (TPSA) is 106 Å². The number of aryl methyl sites for hydroxylation is 1. The number of fused-ring (bicyclic) bond motifs is 2. The van der Waals surface area contributed by atoms with Gasteiger partial charge in [-0.05, 0) is 25.1 Å². The predicted octanol–water partition coefficient (Wildman–Crippen LogP) is 2.80. The van der Waals surface area contributed by atoms with Gasteiger partial charge in [-0.1, -0.05) is 0 Å². The molecule has 9 nitrogen and oxygen atoms in total. The Hall–Kier alpha value is -3.62. The van der Waals surface area contributed by atoms with Gasteiger partial charge in [0.25, 0.3) is 0 Å². The standard InChI is InChI=1S/C16H14N6O3/c1-9-13(25-16(23)24-2)7-22-14(9)15(17-8-19-22)20-11-4-3-10-6-18-21-12(10)5-11/h3-8H,1-2H3,(H,18,21)(H,17,19,20). The van der Waals surface area contributed by atoms with Crippen LogP contribution in [0.1, 0.15) is 5.56 Å². The third kappa shape index (κ3) is 2.61. The molecule has 4 rings (SSSR count). The molecule has 0 fully saturated rings. The maximum atomic E-state index is 11.4. The highest BCUT2D eigenvalue weighted by Gasteiger charge is 2.16. The lowest BCUT2D eigenvalue weighted by Gasteiger charge is -2.08. The molecule has 0 saturated carbocycles. The number of aromatic nitrogens is 5. The number of hydrogen-bond donors (Lipinski definition) is 2. The van der Waals surface area contributed by atoms with Crippen molar-refractivity contribution in [1.82, 2.24) is 24.8 Å². The van der Waals surface area contributed by atoms with Crippen molar-refractivity contribution in [3.8, 4) is 5.75 Å². The Morgan fingerprint density at radius 2 is 2.24 bits per heavy atom. The van der Waals surface area contributed by atoms with Crippen molar-refractivity contribution < 1.29 is 14.3 Å². The average Bonchev–Trinajstić information content (AvgIpc) is 3.20. The lowest BCUT2D eigenvalue weighted by Crippen LogP contribution is -2.07. The van der Waals surface area contributed by atoms with Gasteiger partial charge in [-0.25, -0.2) is 14.3 Å². The number of H-pyrrole nitrogens is 1. The third-order valence-corrected chi connectivity index (χ3v) is 3.85. The Morgan fingerprint density at radius 1 is 1.36 bits per heavy atom. The van der Waals surface area contributed by atoms with Crippen LogP contribution in [0.15, 0.2) is 36.9 Å². The Kier molecular flexibility index (Phi) is 3.46. The zero-order valence-electron chi connectivity index (χ0n) is 13.5. The van der Waals surface area contributed by atoms with Crippen LogP contribution in [0.25, 0.3) is 16.4 Å². The van der Waals surface area contributed by atoms with Gasteiger partial charge in [0, 0.05) is 16.6 Å². The molecule has 0 spiro atoms. The monoisotopic (exact) mass is 338 g/mol. The molecular formula is C16H14N6O3. The van der Waals surface area contributed by atoms with E-state index in [1.54, 1.807) is 16.9 Å². The summed E-state index contributed by atoms with van der Waals surface area (Å²) >= 11 is 0. The van der Waals surface area contributed by atoms with Crippen LogP contribution in [-0.2, 0) is 4.74 Å². The minimum atomic E-state index is -0.786. The molecule has 0 aliphatic heterocycles. The normalized spacial score (nSPS) is 11.0. The number of carbonyl (C=O) groups excluding carboxylic acids is 1. The highest BCUT2D eigenvalue weighted by molar-refractivity contribution is 5.85. The lowest BCUT2D eigenvalue weighted by molar-refractivity contribution is 0.121. The van der Waals surface area contributed by atoms with Crippen molar-refractivity contribution in [1.29, 1.82) is 0 Å². The van der Waals surface area contributed by atoms with Crippen molar-refractivity contribution in [2.75, 3.05) is 12.4 Å². The molecule has 126 valence electrons. The number of carbonyl (C=O) groups is 1. The van der Waals surface area contributed by atoms with Crippen LogP contribution >= 0.6 is 0 Å². The third-order valence-electron chi connectivity index (χ3n) is 3.85. The molecule has 0 amide bonds. The van der Waals surface area contributed by atoms with Crippen LogP contribution in [0, 0.1) is 6.92 Å². The molecule has 0 saturated heterocycles. The van der Waals surface area contributed by atoms with Gasteiger partial charge in [-0.2, -0.15) is 10.2 Å². The van der Waals surface area contributed by atoms with E-state index in [0.29, 0.717) is 17.1 Å². The first-order chi connectivity index (χ1) is 12.2. The van der Waals surface area contributed by atoms with E-state index in [0.717, 1.165) is 22.2 Å². The van der Waals surface area contributed by atoms with Crippen LogP contribution < -0.4 is 10.1 Å². The second kappa shape index (κ2) is 5.78. The lowest BCUT2D eigenvalue weighted by atomic mass is 10.2. The van der Waals surface area contributed by atoms with Crippen LogP contribution in [0.2, 0.25) is 0 Å². The Bertz CT molecular complexity index is 1080. The van der Waals surface area contributed by atoms with Crippen molar-refractivity contribution in [2.24, 2.45) is 0 Å². The fourth-order valence-electron chi connectivity index (χ4n) is 2.62. The molecule has 25 heavy (non-hydrogen) atoms. The highest BCUT2D eigenvalue weighted by atomic mass is 16.7. The smallest absolute Gasteiger partial charge is 0.437 e. The van der Waals surface area contributed by atoms with E-state index in [4.69, 9.17) is 4.74 Å². The summed E-state index contributed by atoms with van der Waals surface area (Å²) in [5.41, 5.74) is 3.17. The zero-order chi connectivity index (χ0) is 17.4. The summed E-state index contributed by atoms with van der Waals surface area (Å²) in [4.78, 5) is 15.7. The maximum absolute atomic E-state index is 11.4. The highest BCUT2D eigenvalue weighted by Crippen LogP contribution is 2.30. The predicted molar refractivity (Wildman–Crippen MR) is 90.1 cm³/mol. The summed E-state index contributed by atoms with van der Waals surface area (Å²) in [5, 5.41) is 15.4. The average molecular weight is 338 g/mol. The molecule has 3 heterocycles. The van der Waals surface area contributed by atoms with Gasteiger partial charge in [0.15, 0.2) is 11.6 Å². The number of aromatic amines is 1. The largest absolute Gasteiger partial charge is 0.513 e. The molecule has 1 aromatic carbocycles. The fourth-order valence-corrected chi connectivity index (χ4v) is 2.62. The summed E-state index contributed by atoms with van der Waals surface area (Å²) in [6, 6.07) is 5.82. The van der Waals surface area contributed by atoms with Crippen LogP contribution in [0.3, 0.4) is 0 Å². The SMILES string of the molecule is COC(=O)Oc1cn2ncnc(Nc3ccc4cn[nH]c4c3)c2c1C. The van der Waals surface area contributed by atoms with Gasteiger partial charge in [-0.15, -0.1) is 0 Å². The van der Waals surface area contributed by atoms with E-state index in [2.05, 4.69) is 30.3 Å². The second-order valence-electron chi connectivity index (χ2n) is 5.37. The number of anilines is 2. The molecule has 3 aromatic heterocycles. The van der Waals surface area contributed by atoms with E-state index in [9.17, 15) is 4.79 Å². The Balaban J connectivity index is 1.74. The summed E-state index contributed by atoms with van der Waals surface area (Å²) in [6.07, 6.45) is 4.00. The zero-order valence-corrected chi connectivity index (χ0v) is 13.5. The van der Waals surface area contributed by atoms with Gasteiger partial charge >= 0.3 is 6.16 Å². The molecule has 0 atom stereocenters. The fraction of sp³-hybridized carbons (Fsp3) is 0.125. The minimum Gasteiger partial charge on any atom is -0.437 e. The molecule has 0 bridgehead atoms. The number of ether oxygens (including phenoxy) is 2. The van der Waals surface area contributed by atoms with Crippen LogP contribution in [0.4, 0.5) is 16.3 Å². The number of hydrogen-bond acceptors (Lipinski definition) is 7. The van der Waals surface area contributed by atoms with Crippen molar-refractivity contribution >= 4 is 34.1 Å². The quantitative estimate of drug-likeness (QED) is 0.553. The number of benzene rings is 1. The molecule has 0 aliphatic carbocycles. The van der Waals surface area contributed by atoms with Crippen molar-refractivity contribution in [3.63, 3.8) is 0 Å². The van der Waals surface area contributed by atoms with E-state index >= 15 is 0 Å². The minimum absolute atomic E-state index is 0.361. The molecule has 0 unspecified atom stereocenters. The molecular weight excluding hydrogens is 324 g/mol. The Labute approximate surface area is 141 Å². The summed E-state index contributed by atoms with van der Waals surface area (Å²) in [5.74, 6) is 0.950.